The predicted octanol–water partition coefficient (Wildman–Crippen LogP) is 2.77. The van der Waals surface area contributed by atoms with Crippen LogP contribution < -0.4 is 5.32 Å². The van der Waals surface area contributed by atoms with Crippen LogP contribution >= 0.6 is 15.9 Å². The summed E-state index contributed by atoms with van der Waals surface area (Å²) >= 11 is 3.27. The molecule has 4 heteroatoms. The molecule has 0 radical (unpaired) electrons. The summed E-state index contributed by atoms with van der Waals surface area (Å²) in [7, 11) is 0. The monoisotopic (exact) mass is 300 g/mol. The van der Waals surface area contributed by atoms with Crippen molar-refractivity contribution >= 4 is 15.9 Å². The van der Waals surface area contributed by atoms with Crippen LogP contribution in [0.3, 0.4) is 0 Å². The predicted molar refractivity (Wildman–Crippen MR) is 71.5 cm³/mol. The first-order valence-electron chi connectivity index (χ1n) is 6.13. The number of rotatable bonds is 5. The Morgan fingerprint density at radius 1 is 1.29 bits per heavy atom. The SMILES string of the molecule is Fc1cccc(CNCCN2CCCC2)c1Br. The van der Waals surface area contributed by atoms with Gasteiger partial charge in [-0.15, -0.1) is 0 Å². The Kier molecular flexibility index (Phi) is 4.95. The lowest BCUT2D eigenvalue weighted by atomic mass is 10.2. The average Bonchev–Trinajstić information content (AvgIpc) is 2.83. The van der Waals surface area contributed by atoms with E-state index in [1.54, 1.807) is 6.07 Å². The summed E-state index contributed by atoms with van der Waals surface area (Å²) in [6, 6.07) is 5.16. The summed E-state index contributed by atoms with van der Waals surface area (Å²) in [5.74, 6) is -0.191. The Labute approximate surface area is 110 Å². The molecule has 0 amide bonds. The van der Waals surface area contributed by atoms with Crippen molar-refractivity contribution in [1.82, 2.24) is 10.2 Å². The van der Waals surface area contributed by atoms with E-state index in [2.05, 4.69) is 26.1 Å². The maximum Gasteiger partial charge on any atom is 0.137 e. The molecule has 2 nitrogen and oxygen atoms in total. The lowest BCUT2D eigenvalue weighted by molar-refractivity contribution is 0.335. The first-order valence-corrected chi connectivity index (χ1v) is 6.92. The third-order valence-corrected chi connectivity index (χ3v) is 4.04. The molecule has 1 aliphatic rings. The van der Waals surface area contributed by atoms with E-state index in [1.165, 1.54) is 32.0 Å². The number of nitrogens with zero attached hydrogens (tertiary/aromatic N) is 1. The van der Waals surface area contributed by atoms with Crippen LogP contribution in [0.25, 0.3) is 0 Å². The smallest absolute Gasteiger partial charge is 0.137 e. The van der Waals surface area contributed by atoms with E-state index < -0.39 is 0 Å². The first-order chi connectivity index (χ1) is 8.27. The van der Waals surface area contributed by atoms with E-state index in [0.29, 0.717) is 11.0 Å². The molecule has 94 valence electrons. The normalized spacial score (nSPS) is 16.6. The summed E-state index contributed by atoms with van der Waals surface area (Å²) in [6.45, 7) is 5.22. The van der Waals surface area contributed by atoms with Crippen molar-refractivity contribution < 1.29 is 4.39 Å². The molecule has 1 aromatic carbocycles. The molecule has 0 spiro atoms. The number of nitrogens with one attached hydrogen (secondary N) is 1. The van der Waals surface area contributed by atoms with Gasteiger partial charge in [-0.1, -0.05) is 12.1 Å². The van der Waals surface area contributed by atoms with E-state index >= 15 is 0 Å². The van der Waals surface area contributed by atoms with Gasteiger partial charge < -0.3 is 10.2 Å². The summed E-state index contributed by atoms with van der Waals surface area (Å²) in [6.07, 6.45) is 2.66. The van der Waals surface area contributed by atoms with Gasteiger partial charge >= 0.3 is 0 Å². The van der Waals surface area contributed by atoms with Gasteiger partial charge in [0.2, 0.25) is 0 Å². The quantitative estimate of drug-likeness (QED) is 0.841. The molecular weight excluding hydrogens is 283 g/mol. The Morgan fingerprint density at radius 2 is 2.06 bits per heavy atom. The second kappa shape index (κ2) is 6.47. The lowest BCUT2D eigenvalue weighted by Crippen LogP contribution is -2.29. The summed E-state index contributed by atoms with van der Waals surface area (Å²) in [5.41, 5.74) is 0.978. The molecule has 0 unspecified atom stereocenters. The Hall–Kier alpha value is -0.450. The van der Waals surface area contributed by atoms with Crippen molar-refractivity contribution in [2.24, 2.45) is 0 Å². The Bertz CT molecular complexity index is 364. The van der Waals surface area contributed by atoms with Crippen LogP contribution in [-0.4, -0.2) is 31.1 Å². The van der Waals surface area contributed by atoms with Crippen LogP contribution in [0.4, 0.5) is 4.39 Å². The fourth-order valence-corrected chi connectivity index (χ4v) is 2.56. The van der Waals surface area contributed by atoms with Crippen LogP contribution in [0.5, 0.6) is 0 Å². The highest BCUT2D eigenvalue weighted by Gasteiger charge is 2.10. The molecule has 1 heterocycles. The van der Waals surface area contributed by atoms with Crippen molar-refractivity contribution in [3.8, 4) is 0 Å². The average molecular weight is 301 g/mol. The number of hydrogen-bond acceptors (Lipinski definition) is 2. The van der Waals surface area contributed by atoms with Crippen LogP contribution in [-0.2, 0) is 6.54 Å². The lowest BCUT2D eigenvalue weighted by Gasteiger charge is -2.15. The number of benzene rings is 1. The highest BCUT2D eigenvalue weighted by Crippen LogP contribution is 2.19. The van der Waals surface area contributed by atoms with Gasteiger partial charge in [0.25, 0.3) is 0 Å². The summed E-state index contributed by atoms with van der Waals surface area (Å²) < 4.78 is 13.8. The molecule has 1 aromatic rings. The Balaban J connectivity index is 1.72. The zero-order valence-corrected chi connectivity index (χ0v) is 11.5. The number of halogens is 2. The Morgan fingerprint density at radius 3 is 2.82 bits per heavy atom. The van der Waals surface area contributed by atoms with E-state index in [1.807, 2.05) is 6.07 Å². The van der Waals surface area contributed by atoms with Gasteiger partial charge in [-0.3, -0.25) is 0 Å². The van der Waals surface area contributed by atoms with Crippen molar-refractivity contribution in [1.29, 1.82) is 0 Å². The van der Waals surface area contributed by atoms with Gasteiger partial charge in [-0.05, 0) is 53.5 Å². The summed E-state index contributed by atoms with van der Waals surface area (Å²) in [5, 5.41) is 3.36. The standard InChI is InChI=1S/C13H18BrFN2/c14-13-11(4-3-5-12(13)15)10-16-6-9-17-7-1-2-8-17/h3-5,16H,1-2,6-10H2. The van der Waals surface area contributed by atoms with Crippen molar-refractivity contribution in [3.63, 3.8) is 0 Å². The van der Waals surface area contributed by atoms with Gasteiger partial charge in [-0.25, -0.2) is 4.39 Å². The van der Waals surface area contributed by atoms with Crippen LogP contribution in [0.2, 0.25) is 0 Å². The third kappa shape index (κ3) is 3.76. The zero-order valence-electron chi connectivity index (χ0n) is 9.88. The summed E-state index contributed by atoms with van der Waals surface area (Å²) in [4.78, 5) is 2.47. The van der Waals surface area contributed by atoms with Gasteiger partial charge in [0.05, 0.1) is 4.47 Å². The van der Waals surface area contributed by atoms with Gasteiger partial charge in [-0.2, -0.15) is 0 Å². The molecule has 0 bridgehead atoms. The molecule has 17 heavy (non-hydrogen) atoms. The highest BCUT2D eigenvalue weighted by molar-refractivity contribution is 9.10. The van der Waals surface area contributed by atoms with E-state index in [0.717, 1.165) is 18.7 Å². The minimum atomic E-state index is -0.191. The largest absolute Gasteiger partial charge is 0.311 e. The molecule has 0 saturated carbocycles. The fraction of sp³-hybridized carbons (Fsp3) is 0.538. The molecule has 1 aliphatic heterocycles. The topological polar surface area (TPSA) is 15.3 Å². The number of likely N-dealkylation sites (tertiary alicyclic amines) is 1. The third-order valence-electron chi connectivity index (χ3n) is 3.15. The maximum atomic E-state index is 13.3. The second-order valence-corrected chi connectivity index (χ2v) is 5.23. The van der Waals surface area contributed by atoms with Crippen molar-refractivity contribution in [2.75, 3.05) is 26.2 Å². The van der Waals surface area contributed by atoms with Crippen molar-refractivity contribution in [3.05, 3.63) is 34.1 Å². The van der Waals surface area contributed by atoms with Crippen LogP contribution in [0.15, 0.2) is 22.7 Å². The molecule has 1 saturated heterocycles. The molecular formula is C13H18BrFN2. The molecule has 1 N–H and O–H groups in total. The minimum absolute atomic E-state index is 0.191. The van der Waals surface area contributed by atoms with Crippen LogP contribution in [0.1, 0.15) is 18.4 Å². The van der Waals surface area contributed by atoms with Gasteiger partial charge in [0.15, 0.2) is 0 Å². The van der Waals surface area contributed by atoms with Crippen LogP contribution in [0, 0.1) is 5.82 Å². The van der Waals surface area contributed by atoms with E-state index in [-0.39, 0.29) is 5.82 Å². The molecule has 0 atom stereocenters. The number of hydrogen-bond donors (Lipinski definition) is 1. The molecule has 2 rings (SSSR count). The molecule has 1 fully saturated rings. The maximum absolute atomic E-state index is 13.3. The highest BCUT2D eigenvalue weighted by atomic mass is 79.9. The molecule has 0 aromatic heterocycles. The van der Waals surface area contributed by atoms with Gasteiger partial charge in [0.1, 0.15) is 5.82 Å². The zero-order chi connectivity index (χ0) is 12.1. The minimum Gasteiger partial charge on any atom is -0.311 e. The van der Waals surface area contributed by atoms with Crippen molar-refractivity contribution in [2.45, 2.75) is 19.4 Å². The van der Waals surface area contributed by atoms with E-state index in [4.69, 9.17) is 0 Å². The fourth-order valence-electron chi connectivity index (χ4n) is 2.15. The second-order valence-electron chi connectivity index (χ2n) is 4.44. The van der Waals surface area contributed by atoms with E-state index in [9.17, 15) is 4.39 Å². The first kappa shape index (κ1) is 13.0. The molecule has 0 aliphatic carbocycles. The van der Waals surface area contributed by atoms with Gasteiger partial charge in [0, 0.05) is 19.6 Å².